The number of amides is 1. The second-order valence-electron chi connectivity index (χ2n) is 6.66. The summed E-state index contributed by atoms with van der Waals surface area (Å²) < 4.78 is 32.6. The normalized spacial score (nSPS) is 11.0. The molecule has 1 N–H and O–H groups in total. The first-order valence-corrected chi connectivity index (χ1v) is 10.7. The van der Waals surface area contributed by atoms with Gasteiger partial charge < -0.3 is 10.1 Å². The Balaban J connectivity index is 1.79. The van der Waals surface area contributed by atoms with E-state index in [2.05, 4.69) is 10.3 Å². The summed E-state index contributed by atoms with van der Waals surface area (Å²) in [5.41, 5.74) is 2.27. The van der Waals surface area contributed by atoms with Gasteiger partial charge in [0.05, 0.1) is 12.8 Å². The van der Waals surface area contributed by atoms with Crippen LogP contribution in [-0.2, 0) is 21.4 Å². The van der Waals surface area contributed by atoms with E-state index in [1.54, 1.807) is 49.6 Å². The molecule has 3 rings (SSSR count). The predicted molar refractivity (Wildman–Crippen MR) is 115 cm³/mol. The maximum Gasteiger partial charge on any atom is 0.266 e. The minimum absolute atomic E-state index is 0.0218. The molecule has 30 heavy (non-hydrogen) atoms. The fourth-order valence-electron chi connectivity index (χ4n) is 2.78. The zero-order chi connectivity index (χ0) is 21.6. The minimum Gasteiger partial charge on any atom is -0.497 e. The van der Waals surface area contributed by atoms with Crippen molar-refractivity contribution >= 4 is 21.6 Å². The summed E-state index contributed by atoms with van der Waals surface area (Å²) in [7, 11) is -2.38. The molecule has 1 heterocycles. The SMILES string of the molecule is COc1ccc(CNC(=O)CN(c2ccc(C)cc2)S(=O)(=O)c2cccnc2)cc1. The highest BCUT2D eigenvalue weighted by molar-refractivity contribution is 7.92. The third-order valence-corrected chi connectivity index (χ3v) is 6.24. The van der Waals surface area contributed by atoms with Crippen LogP contribution in [-0.4, -0.2) is 33.0 Å². The highest BCUT2D eigenvalue weighted by Crippen LogP contribution is 2.23. The maximum atomic E-state index is 13.2. The van der Waals surface area contributed by atoms with E-state index in [1.807, 2.05) is 19.1 Å². The number of carbonyl (C=O) groups excluding carboxylic acids is 1. The molecule has 0 spiro atoms. The molecule has 1 aromatic heterocycles. The van der Waals surface area contributed by atoms with Gasteiger partial charge in [0.2, 0.25) is 5.91 Å². The van der Waals surface area contributed by atoms with Gasteiger partial charge in [-0.1, -0.05) is 29.8 Å². The molecule has 0 aliphatic rings. The molecule has 0 aliphatic carbocycles. The van der Waals surface area contributed by atoms with E-state index in [4.69, 9.17) is 4.74 Å². The van der Waals surface area contributed by atoms with Gasteiger partial charge in [-0.05, 0) is 48.9 Å². The fourth-order valence-corrected chi connectivity index (χ4v) is 4.17. The van der Waals surface area contributed by atoms with Crippen molar-refractivity contribution < 1.29 is 17.9 Å². The molecule has 0 radical (unpaired) electrons. The Morgan fingerprint density at radius 1 is 1.07 bits per heavy atom. The van der Waals surface area contributed by atoms with Gasteiger partial charge in [-0.2, -0.15) is 0 Å². The van der Waals surface area contributed by atoms with E-state index in [-0.39, 0.29) is 18.0 Å². The Kier molecular flexibility index (Phi) is 6.68. The van der Waals surface area contributed by atoms with Crippen molar-refractivity contribution in [2.24, 2.45) is 0 Å². The van der Waals surface area contributed by atoms with Crippen LogP contribution in [0.5, 0.6) is 5.75 Å². The molecule has 8 heteroatoms. The Bertz CT molecular complexity index is 1080. The number of anilines is 1. The zero-order valence-electron chi connectivity index (χ0n) is 16.8. The summed E-state index contributed by atoms with van der Waals surface area (Å²) in [6, 6.07) is 17.2. The number of hydrogen-bond donors (Lipinski definition) is 1. The van der Waals surface area contributed by atoms with Gasteiger partial charge in [-0.25, -0.2) is 8.42 Å². The molecule has 7 nitrogen and oxygen atoms in total. The number of carbonyl (C=O) groups is 1. The molecular formula is C22H23N3O4S. The van der Waals surface area contributed by atoms with Crippen LogP contribution in [0.15, 0.2) is 78.0 Å². The van der Waals surface area contributed by atoms with Crippen molar-refractivity contribution in [3.63, 3.8) is 0 Å². The van der Waals surface area contributed by atoms with Crippen LogP contribution in [0, 0.1) is 6.92 Å². The Morgan fingerprint density at radius 3 is 2.37 bits per heavy atom. The predicted octanol–water partition coefficient (Wildman–Crippen LogP) is 2.91. The molecule has 0 atom stereocenters. The lowest BCUT2D eigenvalue weighted by Crippen LogP contribution is -2.40. The highest BCUT2D eigenvalue weighted by atomic mass is 32.2. The lowest BCUT2D eigenvalue weighted by atomic mass is 10.2. The van der Waals surface area contributed by atoms with Crippen LogP contribution in [0.3, 0.4) is 0 Å². The lowest BCUT2D eigenvalue weighted by Gasteiger charge is -2.24. The van der Waals surface area contributed by atoms with Crippen LogP contribution in [0.4, 0.5) is 5.69 Å². The van der Waals surface area contributed by atoms with Gasteiger partial charge in [0.1, 0.15) is 17.2 Å². The van der Waals surface area contributed by atoms with Crippen LogP contribution in [0.2, 0.25) is 0 Å². The highest BCUT2D eigenvalue weighted by Gasteiger charge is 2.27. The van der Waals surface area contributed by atoms with E-state index in [1.165, 1.54) is 18.5 Å². The number of ether oxygens (including phenoxy) is 1. The molecule has 156 valence electrons. The number of nitrogens with one attached hydrogen (secondary N) is 1. The van der Waals surface area contributed by atoms with E-state index < -0.39 is 15.9 Å². The summed E-state index contributed by atoms with van der Waals surface area (Å²) in [5, 5.41) is 2.77. The van der Waals surface area contributed by atoms with Gasteiger partial charge in [0.15, 0.2) is 0 Å². The first-order chi connectivity index (χ1) is 14.4. The maximum absolute atomic E-state index is 13.2. The number of pyridine rings is 1. The van der Waals surface area contributed by atoms with Crippen LogP contribution in [0.1, 0.15) is 11.1 Å². The minimum atomic E-state index is -3.96. The third-order valence-electron chi connectivity index (χ3n) is 4.48. The molecular weight excluding hydrogens is 402 g/mol. The molecule has 0 aliphatic heterocycles. The smallest absolute Gasteiger partial charge is 0.266 e. The van der Waals surface area contributed by atoms with E-state index in [0.717, 1.165) is 21.2 Å². The number of sulfonamides is 1. The van der Waals surface area contributed by atoms with Crippen LogP contribution < -0.4 is 14.4 Å². The first kappa shape index (κ1) is 21.3. The number of hydrogen-bond acceptors (Lipinski definition) is 5. The molecule has 0 saturated heterocycles. The van der Waals surface area contributed by atoms with Crippen molar-refractivity contribution in [2.75, 3.05) is 18.0 Å². The monoisotopic (exact) mass is 425 g/mol. The number of aromatic nitrogens is 1. The van der Waals surface area contributed by atoms with Gasteiger partial charge in [0.25, 0.3) is 10.0 Å². The first-order valence-electron chi connectivity index (χ1n) is 9.29. The Labute approximate surface area is 176 Å². The topological polar surface area (TPSA) is 88.6 Å². The standard InChI is InChI=1S/C22H23N3O4S/c1-17-5-9-19(10-6-17)25(30(27,28)21-4-3-13-23-15-21)16-22(26)24-14-18-7-11-20(29-2)12-8-18/h3-13,15H,14,16H2,1-2H3,(H,24,26). The number of rotatable bonds is 8. The number of nitrogens with zero attached hydrogens (tertiary/aromatic N) is 2. The second kappa shape index (κ2) is 9.41. The zero-order valence-corrected chi connectivity index (χ0v) is 17.6. The van der Waals surface area contributed by atoms with Crippen molar-refractivity contribution in [1.29, 1.82) is 0 Å². The van der Waals surface area contributed by atoms with Crippen LogP contribution >= 0.6 is 0 Å². The van der Waals surface area contributed by atoms with Crippen molar-refractivity contribution in [3.05, 3.63) is 84.2 Å². The molecule has 0 fully saturated rings. The molecule has 1 amide bonds. The summed E-state index contributed by atoms with van der Waals surface area (Å²) in [5.74, 6) is 0.303. The molecule has 0 unspecified atom stereocenters. The summed E-state index contributed by atoms with van der Waals surface area (Å²) in [4.78, 5) is 16.5. The molecule has 2 aromatic carbocycles. The van der Waals surface area contributed by atoms with Crippen molar-refractivity contribution in [1.82, 2.24) is 10.3 Å². The molecule has 0 bridgehead atoms. The fraction of sp³-hybridized carbons (Fsp3) is 0.182. The summed E-state index contributed by atoms with van der Waals surface area (Å²) in [6.45, 7) is 1.83. The van der Waals surface area contributed by atoms with Gasteiger partial charge >= 0.3 is 0 Å². The quantitative estimate of drug-likeness (QED) is 0.600. The lowest BCUT2D eigenvalue weighted by molar-refractivity contribution is -0.119. The number of aryl methyl sites for hydroxylation is 1. The van der Waals surface area contributed by atoms with Crippen molar-refractivity contribution in [2.45, 2.75) is 18.4 Å². The van der Waals surface area contributed by atoms with E-state index in [0.29, 0.717) is 5.69 Å². The average molecular weight is 426 g/mol. The third kappa shape index (κ3) is 5.15. The summed E-state index contributed by atoms with van der Waals surface area (Å²) >= 11 is 0. The van der Waals surface area contributed by atoms with Gasteiger partial charge in [-0.3, -0.25) is 14.1 Å². The molecule has 0 saturated carbocycles. The Morgan fingerprint density at radius 2 is 1.77 bits per heavy atom. The summed E-state index contributed by atoms with van der Waals surface area (Å²) in [6.07, 6.45) is 2.77. The van der Waals surface area contributed by atoms with Crippen LogP contribution in [0.25, 0.3) is 0 Å². The average Bonchev–Trinajstić information content (AvgIpc) is 2.77. The molecule has 3 aromatic rings. The van der Waals surface area contributed by atoms with Gasteiger partial charge in [0, 0.05) is 18.9 Å². The largest absolute Gasteiger partial charge is 0.497 e. The number of benzene rings is 2. The Hall–Kier alpha value is -3.39. The van der Waals surface area contributed by atoms with Gasteiger partial charge in [-0.15, -0.1) is 0 Å². The second-order valence-corrected chi connectivity index (χ2v) is 8.52. The van der Waals surface area contributed by atoms with E-state index in [9.17, 15) is 13.2 Å². The van der Waals surface area contributed by atoms with Crippen molar-refractivity contribution in [3.8, 4) is 5.75 Å². The number of methoxy groups -OCH3 is 1. The van der Waals surface area contributed by atoms with E-state index >= 15 is 0 Å².